The molecule has 0 atom stereocenters. The maximum absolute atomic E-state index is 4.99. The third-order valence-corrected chi connectivity index (χ3v) is 12.2. The van der Waals surface area contributed by atoms with Gasteiger partial charge in [-0.2, -0.15) is 0 Å². The summed E-state index contributed by atoms with van der Waals surface area (Å²) in [6.07, 6.45) is 0. The highest BCUT2D eigenvalue weighted by atomic mass is 32.1. The Labute approximate surface area is 300 Å². The molecule has 0 saturated heterocycles. The van der Waals surface area contributed by atoms with Crippen LogP contribution in [0.2, 0.25) is 0 Å². The van der Waals surface area contributed by atoms with Crippen molar-refractivity contribution in [2.45, 2.75) is 0 Å². The van der Waals surface area contributed by atoms with Gasteiger partial charge in [0.25, 0.3) is 0 Å². The fourth-order valence-electron chi connectivity index (χ4n) is 7.48. The zero-order chi connectivity index (χ0) is 33.5. The first-order chi connectivity index (χ1) is 25.3. The van der Waals surface area contributed by atoms with E-state index >= 15 is 0 Å². The molecular weight excluding hydrogens is 661 g/mol. The maximum atomic E-state index is 4.99. The number of fused-ring (bicyclic) bond motifs is 10. The van der Waals surface area contributed by atoms with Gasteiger partial charge in [-0.15, -0.1) is 22.7 Å². The molecule has 7 aromatic carbocycles. The van der Waals surface area contributed by atoms with Crippen molar-refractivity contribution in [1.29, 1.82) is 0 Å². The molecule has 0 radical (unpaired) electrons. The second-order valence-electron chi connectivity index (χ2n) is 12.8. The minimum Gasteiger partial charge on any atom is -0.308 e. The lowest BCUT2D eigenvalue weighted by Gasteiger charge is -2.09. The lowest BCUT2D eigenvalue weighted by molar-refractivity contribution is 1.07. The molecule has 0 fully saturated rings. The van der Waals surface area contributed by atoms with Gasteiger partial charge in [0.15, 0.2) is 17.5 Å². The van der Waals surface area contributed by atoms with E-state index < -0.39 is 0 Å². The van der Waals surface area contributed by atoms with Crippen molar-refractivity contribution >= 4 is 84.8 Å². The zero-order valence-electron chi connectivity index (χ0n) is 27.1. The molecule has 11 aromatic rings. The molecule has 0 spiro atoms. The van der Waals surface area contributed by atoms with Gasteiger partial charge in [0.1, 0.15) is 0 Å². The van der Waals surface area contributed by atoms with Gasteiger partial charge in [0, 0.05) is 68.8 Å². The van der Waals surface area contributed by atoms with E-state index in [-0.39, 0.29) is 0 Å². The van der Waals surface area contributed by atoms with Gasteiger partial charge in [-0.1, -0.05) is 121 Å². The molecule has 0 aliphatic heterocycles. The average Bonchev–Trinajstić information content (AvgIpc) is 3.87. The molecule has 6 heteroatoms. The van der Waals surface area contributed by atoms with Crippen LogP contribution in [-0.2, 0) is 0 Å². The van der Waals surface area contributed by atoms with E-state index in [2.05, 4.69) is 102 Å². The summed E-state index contributed by atoms with van der Waals surface area (Å²) in [6, 6.07) is 56.0. The van der Waals surface area contributed by atoms with Crippen molar-refractivity contribution in [3.05, 3.63) is 158 Å². The highest BCUT2D eigenvalue weighted by molar-refractivity contribution is 7.26. The molecule has 0 unspecified atom stereocenters. The smallest absolute Gasteiger partial charge is 0.164 e. The van der Waals surface area contributed by atoms with Gasteiger partial charge in [0.2, 0.25) is 0 Å². The van der Waals surface area contributed by atoms with Crippen LogP contribution in [0.25, 0.3) is 102 Å². The Morgan fingerprint density at radius 2 is 0.961 bits per heavy atom. The minimum atomic E-state index is 0.666. The second kappa shape index (κ2) is 11.2. The van der Waals surface area contributed by atoms with E-state index in [0.717, 1.165) is 16.7 Å². The van der Waals surface area contributed by atoms with Crippen LogP contribution < -0.4 is 0 Å². The lowest BCUT2D eigenvalue weighted by atomic mass is 10.1. The van der Waals surface area contributed by atoms with Gasteiger partial charge in [0.05, 0.1) is 15.7 Å². The molecule has 0 amide bonds. The summed E-state index contributed by atoms with van der Waals surface area (Å²) in [4.78, 5) is 14.9. The summed E-state index contributed by atoms with van der Waals surface area (Å²) in [5, 5.41) is 7.66. The molecule has 4 heterocycles. The molecule has 4 nitrogen and oxygen atoms in total. The SMILES string of the molecule is c1ccc(-c2nc(-c3ccccc3)nc(-c3ccc4c(c3)sc3ccc(-n5c6ccccc6c6ccc7c8ccccc8sc7c65)cc34)n2)cc1. The third kappa shape index (κ3) is 4.47. The number of nitrogens with zero attached hydrogens (tertiary/aromatic N) is 4. The maximum Gasteiger partial charge on any atom is 0.164 e. The van der Waals surface area contributed by atoms with E-state index in [1.54, 1.807) is 0 Å². The summed E-state index contributed by atoms with van der Waals surface area (Å²) < 4.78 is 7.57. The second-order valence-corrected chi connectivity index (χ2v) is 15.0. The number of hydrogen-bond acceptors (Lipinski definition) is 5. The zero-order valence-corrected chi connectivity index (χ0v) is 28.7. The largest absolute Gasteiger partial charge is 0.308 e. The van der Waals surface area contributed by atoms with Crippen molar-refractivity contribution in [2.24, 2.45) is 0 Å². The van der Waals surface area contributed by atoms with Crippen LogP contribution in [0.4, 0.5) is 0 Å². The van der Waals surface area contributed by atoms with Crippen LogP contribution in [0.3, 0.4) is 0 Å². The Morgan fingerprint density at radius 1 is 0.373 bits per heavy atom. The van der Waals surface area contributed by atoms with Crippen LogP contribution in [0.15, 0.2) is 158 Å². The van der Waals surface area contributed by atoms with Crippen molar-refractivity contribution in [1.82, 2.24) is 19.5 Å². The molecule has 0 aliphatic rings. The molecular formula is C45H26N4S2. The molecule has 4 aromatic heterocycles. The molecule has 0 saturated carbocycles. The average molecular weight is 687 g/mol. The Morgan fingerprint density at radius 3 is 1.73 bits per heavy atom. The molecule has 0 bridgehead atoms. The minimum absolute atomic E-state index is 0.666. The predicted octanol–water partition coefficient (Wildman–Crippen LogP) is 12.7. The summed E-state index contributed by atoms with van der Waals surface area (Å²) in [7, 11) is 0. The van der Waals surface area contributed by atoms with Crippen molar-refractivity contribution in [3.63, 3.8) is 0 Å². The standard InChI is InChI=1S/C45H26N4S2/c1-3-11-27(12-4-1)43-46-44(28-13-5-2-6-14-28)48-45(47-43)29-19-21-33-36-26-30(20-24-39(36)50-40(33)25-29)49-37-17-9-7-15-31(37)34-22-23-35-32-16-8-10-18-38(32)51-42(35)41(34)49/h1-26H. The Kier molecular flexibility index (Phi) is 6.26. The van der Waals surface area contributed by atoms with Crippen LogP contribution in [0.1, 0.15) is 0 Å². The first kappa shape index (κ1) is 28.6. The van der Waals surface area contributed by atoms with E-state index in [1.165, 1.54) is 67.8 Å². The van der Waals surface area contributed by atoms with Crippen LogP contribution in [0, 0.1) is 0 Å². The van der Waals surface area contributed by atoms with Gasteiger partial charge in [-0.05, 0) is 36.4 Å². The van der Waals surface area contributed by atoms with Crippen LogP contribution in [0.5, 0.6) is 0 Å². The highest BCUT2D eigenvalue weighted by Gasteiger charge is 2.19. The number of para-hydroxylation sites is 1. The quantitative estimate of drug-likeness (QED) is 0.185. The van der Waals surface area contributed by atoms with Gasteiger partial charge in [-0.3, -0.25) is 0 Å². The number of rotatable bonds is 4. The molecule has 238 valence electrons. The van der Waals surface area contributed by atoms with E-state index in [9.17, 15) is 0 Å². The van der Waals surface area contributed by atoms with Gasteiger partial charge < -0.3 is 4.57 Å². The first-order valence-corrected chi connectivity index (χ1v) is 18.6. The summed E-state index contributed by atoms with van der Waals surface area (Å²) >= 11 is 3.70. The summed E-state index contributed by atoms with van der Waals surface area (Å²) in [5.41, 5.74) is 6.56. The topological polar surface area (TPSA) is 43.6 Å². The lowest BCUT2D eigenvalue weighted by Crippen LogP contribution is -1.99. The summed E-state index contributed by atoms with van der Waals surface area (Å²) in [6.45, 7) is 0. The molecule has 0 aliphatic carbocycles. The van der Waals surface area contributed by atoms with Crippen molar-refractivity contribution in [3.8, 4) is 39.9 Å². The predicted molar refractivity (Wildman–Crippen MR) is 216 cm³/mol. The van der Waals surface area contributed by atoms with E-state index in [1.807, 2.05) is 83.3 Å². The van der Waals surface area contributed by atoms with Crippen molar-refractivity contribution < 1.29 is 0 Å². The van der Waals surface area contributed by atoms with Gasteiger partial charge >= 0.3 is 0 Å². The Bertz CT molecular complexity index is 3080. The van der Waals surface area contributed by atoms with E-state index in [4.69, 9.17) is 15.0 Å². The number of hydrogen-bond donors (Lipinski definition) is 0. The molecule has 0 N–H and O–H groups in total. The van der Waals surface area contributed by atoms with Crippen LogP contribution >= 0.6 is 22.7 Å². The summed E-state index contributed by atoms with van der Waals surface area (Å²) in [5.74, 6) is 2.00. The fraction of sp³-hybridized carbons (Fsp3) is 0. The normalized spacial score (nSPS) is 11.9. The molecule has 51 heavy (non-hydrogen) atoms. The van der Waals surface area contributed by atoms with E-state index in [0.29, 0.717) is 17.5 Å². The number of aromatic nitrogens is 4. The number of benzene rings is 7. The number of thiophene rings is 2. The third-order valence-electron chi connectivity index (χ3n) is 9.85. The first-order valence-electron chi connectivity index (χ1n) is 16.9. The fourth-order valence-corrected chi connectivity index (χ4v) is 9.85. The molecule has 11 rings (SSSR count). The Balaban J connectivity index is 1.10. The van der Waals surface area contributed by atoms with Gasteiger partial charge in [-0.25, -0.2) is 15.0 Å². The highest BCUT2D eigenvalue weighted by Crippen LogP contribution is 2.44. The monoisotopic (exact) mass is 686 g/mol. The van der Waals surface area contributed by atoms with Crippen molar-refractivity contribution in [2.75, 3.05) is 0 Å². The van der Waals surface area contributed by atoms with Crippen LogP contribution in [-0.4, -0.2) is 19.5 Å². The Hall–Kier alpha value is -6.21.